The van der Waals surface area contributed by atoms with Crippen molar-refractivity contribution >= 4 is 12.0 Å². The molecule has 0 aliphatic carbocycles. The van der Waals surface area contributed by atoms with Gasteiger partial charge in [-0.1, -0.05) is 6.07 Å². The van der Waals surface area contributed by atoms with Gasteiger partial charge in [-0.05, 0) is 31.5 Å². The summed E-state index contributed by atoms with van der Waals surface area (Å²) < 4.78 is 38.8. The topological polar surface area (TPSA) is 20.3 Å². The highest BCUT2D eigenvalue weighted by Gasteiger charge is 2.40. The van der Waals surface area contributed by atoms with E-state index in [2.05, 4.69) is 0 Å². The Morgan fingerprint density at radius 3 is 2.56 bits per heavy atom. The molecule has 2 rings (SSSR count). The molecule has 0 radical (unpaired) electrons. The van der Waals surface area contributed by atoms with E-state index < -0.39 is 17.7 Å². The number of fused-ring (bicyclic) bond motifs is 1. The fraction of sp³-hybridized carbons (Fsp3) is 0.462. The van der Waals surface area contributed by atoms with E-state index in [0.29, 0.717) is 18.5 Å². The maximum Gasteiger partial charge on any atom is 0.416 e. The maximum atomic E-state index is 12.9. The Bertz CT molecular complexity index is 468. The lowest BCUT2D eigenvalue weighted by Gasteiger charge is -2.24. The summed E-state index contributed by atoms with van der Waals surface area (Å²) in [4.78, 5) is 12.9. The molecule has 0 amide bonds. The summed E-state index contributed by atoms with van der Waals surface area (Å²) in [5.41, 5.74) is -0.0501. The van der Waals surface area contributed by atoms with Crippen molar-refractivity contribution < 1.29 is 18.0 Å². The fourth-order valence-corrected chi connectivity index (χ4v) is 2.44. The Balaban J connectivity index is 2.60. The van der Waals surface area contributed by atoms with Crippen LogP contribution in [0.5, 0.6) is 0 Å². The minimum atomic E-state index is -4.42. The molecule has 1 atom stereocenters. The van der Waals surface area contributed by atoms with Crippen LogP contribution in [0.2, 0.25) is 0 Å². The summed E-state index contributed by atoms with van der Waals surface area (Å²) in [6, 6.07) is 4.15. The molecular weight excluding hydrogens is 243 g/mol. The van der Waals surface area contributed by atoms with Crippen LogP contribution < -0.4 is 4.90 Å². The molecular formula is C13H14F3NO. The van der Waals surface area contributed by atoms with Crippen molar-refractivity contribution in [3.8, 4) is 0 Å². The van der Waals surface area contributed by atoms with Crippen molar-refractivity contribution in [2.75, 3.05) is 11.4 Å². The van der Waals surface area contributed by atoms with Crippen LogP contribution in [-0.2, 0) is 11.0 Å². The van der Waals surface area contributed by atoms with Crippen LogP contribution in [0.25, 0.3) is 0 Å². The molecule has 0 aromatic heterocycles. The second-order valence-electron chi connectivity index (χ2n) is 4.72. The highest BCUT2D eigenvalue weighted by Crippen LogP contribution is 2.44. The predicted octanol–water partition coefficient (Wildman–Crippen LogP) is 3.22. The number of carbonyl (C=O) groups is 1. The van der Waals surface area contributed by atoms with E-state index in [1.807, 2.05) is 18.7 Å². The fourth-order valence-electron chi connectivity index (χ4n) is 2.44. The molecule has 1 aromatic rings. The van der Waals surface area contributed by atoms with E-state index in [9.17, 15) is 18.0 Å². The van der Waals surface area contributed by atoms with Crippen molar-refractivity contribution in [3.05, 3.63) is 29.3 Å². The molecule has 0 N–H and O–H groups in total. The number of carbonyl (C=O) groups excluding carboxylic acids is 1. The second-order valence-corrected chi connectivity index (χ2v) is 4.72. The number of rotatable bonds is 2. The predicted molar refractivity (Wildman–Crippen MR) is 62.7 cm³/mol. The van der Waals surface area contributed by atoms with Crippen molar-refractivity contribution in [1.29, 1.82) is 0 Å². The van der Waals surface area contributed by atoms with Gasteiger partial charge in [0.15, 0.2) is 0 Å². The third-order valence-corrected chi connectivity index (χ3v) is 3.25. The van der Waals surface area contributed by atoms with E-state index in [1.165, 1.54) is 6.07 Å². The molecule has 18 heavy (non-hydrogen) atoms. The summed E-state index contributed by atoms with van der Waals surface area (Å²) in [6.45, 7) is 4.12. The first-order valence-electron chi connectivity index (χ1n) is 5.78. The molecule has 1 unspecified atom stereocenters. The summed E-state index contributed by atoms with van der Waals surface area (Å²) in [5, 5.41) is 0. The van der Waals surface area contributed by atoms with Gasteiger partial charge in [0.05, 0.1) is 11.5 Å². The van der Waals surface area contributed by atoms with Gasteiger partial charge in [0.2, 0.25) is 0 Å². The van der Waals surface area contributed by atoms with Gasteiger partial charge >= 0.3 is 6.18 Å². The van der Waals surface area contributed by atoms with Gasteiger partial charge in [0.25, 0.3) is 0 Å². The third kappa shape index (κ3) is 1.98. The molecule has 1 aliphatic heterocycles. The number of anilines is 1. The molecule has 2 nitrogen and oxygen atoms in total. The number of benzene rings is 1. The zero-order valence-electron chi connectivity index (χ0n) is 10.2. The van der Waals surface area contributed by atoms with Gasteiger partial charge in [-0.3, -0.25) is 0 Å². The zero-order chi connectivity index (χ0) is 13.5. The van der Waals surface area contributed by atoms with Gasteiger partial charge in [-0.15, -0.1) is 0 Å². The van der Waals surface area contributed by atoms with Gasteiger partial charge in [0.1, 0.15) is 6.29 Å². The zero-order valence-corrected chi connectivity index (χ0v) is 10.2. The van der Waals surface area contributed by atoms with Gasteiger partial charge in [0, 0.05) is 18.3 Å². The Kier molecular flexibility index (Phi) is 3.09. The molecule has 1 aliphatic rings. The molecule has 0 fully saturated rings. The summed E-state index contributed by atoms with van der Waals surface area (Å²) in [5.74, 6) is -0.694. The molecule has 0 spiro atoms. The van der Waals surface area contributed by atoms with E-state index >= 15 is 0 Å². The van der Waals surface area contributed by atoms with Gasteiger partial charge in [-0.25, -0.2) is 0 Å². The first-order valence-corrected chi connectivity index (χ1v) is 5.78. The van der Waals surface area contributed by atoms with Crippen LogP contribution in [0.3, 0.4) is 0 Å². The number of alkyl halides is 3. The lowest BCUT2D eigenvalue weighted by Crippen LogP contribution is -2.29. The van der Waals surface area contributed by atoms with Crippen LogP contribution >= 0.6 is 0 Å². The second kappa shape index (κ2) is 4.30. The third-order valence-electron chi connectivity index (χ3n) is 3.25. The lowest BCUT2D eigenvalue weighted by atomic mass is 9.96. The highest BCUT2D eigenvalue weighted by molar-refractivity contribution is 5.76. The monoisotopic (exact) mass is 257 g/mol. The van der Waals surface area contributed by atoms with E-state index in [-0.39, 0.29) is 11.6 Å². The Morgan fingerprint density at radius 1 is 1.39 bits per heavy atom. The molecule has 0 bridgehead atoms. The maximum absolute atomic E-state index is 12.9. The quantitative estimate of drug-likeness (QED) is 0.758. The first kappa shape index (κ1) is 12.9. The normalized spacial score (nSPS) is 19.2. The molecule has 98 valence electrons. The van der Waals surface area contributed by atoms with Gasteiger partial charge in [-0.2, -0.15) is 13.2 Å². The highest BCUT2D eigenvalue weighted by atomic mass is 19.4. The molecule has 0 saturated carbocycles. The summed E-state index contributed by atoms with van der Waals surface area (Å²) in [7, 11) is 0. The summed E-state index contributed by atoms with van der Waals surface area (Å²) in [6.07, 6.45) is -3.81. The standard InChI is InChI=1S/C13H14F3NO/c1-8(2)17-6-9(7-18)12-10(13(14,15)16)4-3-5-11(12)17/h3-5,7-9H,6H2,1-2H3. The average molecular weight is 257 g/mol. The Morgan fingerprint density at radius 2 is 2.06 bits per heavy atom. The smallest absolute Gasteiger partial charge is 0.368 e. The number of hydrogen-bond donors (Lipinski definition) is 0. The molecule has 5 heteroatoms. The molecule has 1 heterocycles. The number of halogens is 3. The van der Waals surface area contributed by atoms with Crippen LogP contribution in [-0.4, -0.2) is 18.9 Å². The van der Waals surface area contributed by atoms with Crippen LogP contribution in [0.15, 0.2) is 18.2 Å². The number of hydrogen-bond acceptors (Lipinski definition) is 2. The average Bonchev–Trinajstić information content (AvgIpc) is 2.66. The van der Waals surface area contributed by atoms with Gasteiger partial charge < -0.3 is 9.69 Å². The van der Waals surface area contributed by atoms with Crippen molar-refractivity contribution in [2.45, 2.75) is 32.0 Å². The number of nitrogens with zero attached hydrogens (tertiary/aromatic N) is 1. The largest absolute Gasteiger partial charge is 0.416 e. The SMILES string of the molecule is CC(C)N1CC(C=O)c2c1cccc2C(F)(F)F. The molecule has 0 saturated heterocycles. The van der Waals surface area contributed by atoms with Crippen molar-refractivity contribution in [2.24, 2.45) is 0 Å². The Hall–Kier alpha value is -1.52. The Labute approximate surface area is 103 Å². The van der Waals surface area contributed by atoms with Crippen molar-refractivity contribution in [3.63, 3.8) is 0 Å². The lowest BCUT2D eigenvalue weighted by molar-refractivity contribution is -0.138. The van der Waals surface area contributed by atoms with E-state index in [4.69, 9.17) is 0 Å². The number of aldehydes is 1. The van der Waals surface area contributed by atoms with Crippen LogP contribution in [0.1, 0.15) is 30.9 Å². The minimum Gasteiger partial charge on any atom is -0.368 e. The van der Waals surface area contributed by atoms with Crippen LogP contribution in [0.4, 0.5) is 18.9 Å². The molecule has 1 aromatic carbocycles. The van der Waals surface area contributed by atoms with Crippen LogP contribution in [0, 0.1) is 0 Å². The van der Waals surface area contributed by atoms with Crippen molar-refractivity contribution in [1.82, 2.24) is 0 Å². The van der Waals surface area contributed by atoms with E-state index in [1.54, 1.807) is 6.07 Å². The first-order chi connectivity index (χ1) is 8.36. The van der Waals surface area contributed by atoms with E-state index in [0.717, 1.165) is 6.07 Å². The summed E-state index contributed by atoms with van der Waals surface area (Å²) >= 11 is 0. The minimum absolute atomic E-state index is 0.0668.